The lowest BCUT2D eigenvalue weighted by Crippen LogP contribution is -2.17. The molecule has 0 unspecified atom stereocenters. The van der Waals surface area contributed by atoms with E-state index in [1.165, 1.54) is 24.3 Å². The molecule has 0 bridgehead atoms. The molecule has 2 aromatic rings. The molecule has 136 valence electrons. The van der Waals surface area contributed by atoms with Crippen molar-refractivity contribution >= 4 is 33.7 Å². The van der Waals surface area contributed by atoms with Gasteiger partial charge in [-0.3, -0.25) is 4.55 Å². The number of aromatic nitrogens is 3. The summed E-state index contributed by atoms with van der Waals surface area (Å²) in [6, 6.07) is 5.41. The van der Waals surface area contributed by atoms with Crippen LogP contribution in [0, 0.1) is 0 Å². The zero-order valence-corrected chi connectivity index (χ0v) is 14.0. The number of benzene rings is 1. The third-order valence-corrected chi connectivity index (χ3v) is 3.73. The molecule has 0 aliphatic rings. The Morgan fingerprint density at radius 2 is 1.52 bits per heavy atom. The number of nitrogens with one attached hydrogen (secondary N) is 3. The van der Waals surface area contributed by atoms with Gasteiger partial charge in [0, 0.05) is 25.3 Å². The third kappa shape index (κ3) is 5.79. The number of anilines is 4. The lowest BCUT2D eigenvalue weighted by Gasteiger charge is -2.10. The first-order valence-electron chi connectivity index (χ1n) is 7.31. The van der Waals surface area contributed by atoms with E-state index in [4.69, 9.17) is 15.4 Å². The average molecular weight is 369 g/mol. The fourth-order valence-electron chi connectivity index (χ4n) is 1.78. The van der Waals surface area contributed by atoms with Crippen LogP contribution in [0.5, 0.6) is 0 Å². The number of nitrogens with two attached hydrogens (primary N) is 1. The highest BCUT2D eigenvalue weighted by atomic mass is 32.2. The summed E-state index contributed by atoms with van der Waals surface area (Å²) in [5.74, 6) is 0.744. The summed E-state index contributed by atoms with van der Waals surface area (Å²) in [7, 11) is -4.25. The highest BCUT2D eigenvalue weighted by Crippen LogP contribution is 2.18. The van der Waals surface area contributed by atoms with Crippen molar-refractivity contribution in [1.29, 1.82) is 0 Å². The summed E-state index contributed by atoms with van der Waals surface area (Å²) in [4.78, 5) is 12.2. The first-order chi connectivity index (χ1) is 11.9. The molecular formula is C13H19N7O4S. The zero-order valence-electron chi connectivity index (χ0n) is 13.2. The molecule has 0 saturated carbocycles. The molecule has 0 aliphatic heterocycles. The predicted octanol–water partition coefficient (Wildman–Crippen LogP) is -0.363. The van der Waals surface area contributed by atoms with E-state index >= 15 is 0 Å². The van der Waals surface area contributed by atoms with Crippen molar-refractivity contribution < 1.29 is 18.1 Å². The molecule has 12 heteroatoms. The molecule has 7 N–H and O–H groups in total. The highest BCUT2D eigenvalue weighted by Gasteiger charge is 2.10. The van der Waals surface area contributed by atoms with Gasteiger partial charge >= 0.3 is 0 Å². The van der Waals surface area contributed by atoms with Gasteiger partial charge in [-0.2, -0.15) is 23.4 Å². The average Bonchev–Trinajstić information content (AvgIpc) is 2.58. The normalized spacial score (nSPS) is 11.2. The van der Waals surface area contributed by atoms with Crippen LogP contribution in [-0.4, -0.2) is 59.3 Å². The van der Waals surface area contributed by atoms with E-state index in [1.54, 1.807) is 0 Å². The van der Waals surface area contributed by atoms with Gasteiger partial charge in [0.1, 0.15) is 0 Å². The number of hydrogen-bond donors (Lipinski definition) is 6. The van der Waals surface area contributed by atoms with E-state index in [-0.39, 0.29) is 35.9 Å². The van der Waals surface area contributed by atoms with Crippen LogP contribution >= 0.6 is 0 Å². The predicted molar refractivity (Wildman–Crippen MR) is 92.5 cm³/mol. The second-order valence-electron chi connectivity index (χ2n) is 4.80. The van der Waals surface area contributed by atoms with Gasteiger partial charge in [0.25, 0.3) is 10.1 Å². The molecule has 1 heterocycles. The Morgan fingerprint density at radius 3 is 2.04 bits per heavy atom. The minimum Gasteiger partial charge on any atom is -0.395 e. The minimum absolute atomic E-state index is 0.0862. The van der Waals surface area contributed by atoms with Crippen LogP contribution in [0.3, 0.4) is 0 Å². The molecule has 0 spiro atoms. The Labute approximate surface area is 144 Å². The molecule has 11 nitrogen and oxygen atoms in total. The van der Waals surface area contributed by atoms with E-state index in [1.807, 2.05) is 0 Å². The van der Waals surface area contributed by atoms with Crippen molar-refractivity contribution in [2.24, 2.45) is 5.73 Å². The molecule has 1 aromatic carbocycles. The third-order valence-electron chi connectivity index (χ3n) is 2.87. The fourth-order valence-corrected chi connectivity index (χ4v) is 2.26. The maximum atomic E-state index is 11.0. The van der Waals surface area contributed by atoms with Crippen molar-refractivity contribution in [3.8, 4) is 0 Å². The quantitative estimate of drug-likeness (QED) is 0.318. The first-order valence-corrected chi connectivity index (χ1v) is 8.75. The molecule has 2 rings (SSSR count). The Balaban J connectivity index is 2.21. The molecule has 0 saturated heterocycles. The zero-order chi connectivity index (χ0) is 18.3. The number of rotatable bonds is 9. The number of nitrogens with zero attached hydrogens (tertiary/aromatic N) is 3. The van der Waals surface area contributed by atoms with E-state index in [0.717, 1.165) is 0 Å². The molecule has 0 amide bonds. The molecule has 0 fully saturated rings. The summed E-state index contributed by atoms with van der Waals surface area (Å²) < 4.78 is 31.1. The van der Waals surface area contributed by atoms with Gasteiger partial charge in [-0.05, 0) is 24.3 Å². The van der Waals surface area contributed by atoms with Gasteiger partial charge in [0.2, 0.25) is 17.8 Å². The van der Waals surface area contributed by atoms with Crippen molar-refractivity contribution in [1.82, 2.24) is 15.0 Å². The summed E-state index contributed by atoms with van der Waals surface area (Å²) in [5.41, 5.74) is 5.95. The Kier molecular flexibility index (Phi) is 6.41. The SMILES string of the molecule is NCCNc1nc(NCCO)nc(Nc2ccc(S(=O)(=O)O)cc2)n1. The molecule has 0 aliphatic carbocycles. The largest absolute Gasteiger partial charge is 0.395 e. The van der Waals surface area contributed by atoms with Crippen LogP contribution in [-0.2, 0) is 10.1 Å². The minimum atomic E-state index is -4.25. The van der Waals surface area contributed by atoms with Crippen molar-refractivity contribution in [2.45, 2.75) is 4.90 Å². The van der Waals surface area contributed by atoms with Gasteiger partial charge in [-0.15, -0.1) is 0 Å². The lowest BCUT2D eigenvalue weighted by molar-refractivity contribution is 0.311. The van der Waals surface area contributed by atoms with Gasteiger partial charge < -0.3 is 26.8 Å². The monoisotopic (exact) mass is 369 g/mol. The maximum absolute atomic E-state index is 11.0. The summed E-state index contributed by atoms with van der Waals surface area (Å²) in [6.45, 7) is 1.04. The summed E-state index contributed by atoms with van der Waals surface area (Å²) in [5, 5.41) is 17.5. The standard InChI is InChI=1S/C13H19N7O4S/c14-5-6-15-11-18-12(16-7-8-21)20-13(19-11)17-9-1-3-10(4-2-9)25(22,23)24/h1-4,21H,5-8,14H2,(H,22,23,24)(H3,15,16,17,18,19,20). The molecule has 0 radical (unpaired) electrons. The van der Waals surface area contributed by atoms with Crippen LogP contribution < -0.4 is 21.7 Å². The van der Waals surface area contributed by atoms with Crippen LogP contribution in [0.25, 0.3) is 0 Å². The molecule has 0 atom stereocenters. The van der Waals surface area contributed by atoms with Crippen LogP contribution in [0.2, 0.25) is 0 Å². The summed E-state index contributed by atoms with van der Waals surface area (Å²) in [6.07, 6.45) is 0. The smallest absolute Gasteiger partial charge is 0.294 e. The van der Waals surface area contributed by atoms with E-state index in [0.29, 0.717) is 18.8 Å². The number of aliphatic hydroxyl groups excluding tert-OH is 1. The summed E-state index contributed by atoms with van der Waals surface area (Å²) >= 11 is 0. The number of aliphatic hydroxyl groups is 1. The van der Waals surface area contributed by atoms with E-state index in [2.05, 4.69) is 30.9 Å². The van der Waals surface area contributed by atoms with Gasteiger partial charge in [-0.25, -0.2) is 0 Å². The van der Waals surface area contributed by atoms with Crippen LogP contribution in [0.1, 0.15) is 0 Å². The first kappa shape index (κ1) is 18.8. The van der Waals surface area contributed by atoms with E-state index in [9.17, 15) is 8.42 Å². The van der Waals surface area contributed by atoms with Gasteiger partial charge in [-0.1, -0.05) is 0 Å². The Bertz CT molecular complexity index is 772. The van der Waals surface area contributed by atoms with Gasteiger partial charge in [0.05, 0.1) is 11.5 Å². The van der Waals surface area contributed by atoms with Crippen LogP contribution in [0.4, 0.5) is 23.5 Å². The molecule has 25 heavy (non-hydrogen) atoms. The molecule has 1 aromatic heterocycles. The molecular weight excluding hydrogens is 350 g/mol. The lowest BCUT2D eigenvalue weighted by atomic mass is 10.3. The van der Waals surface area contributed by atoms with Crippen LogP contribution in [0.15, 0.2) is 29.2 Å². The van der Waals surface area contributed by atoms with Crippen molar-refractivity contribution in [2.75, 3.05) is 42.2 Å². The Morgan fingerprint density at radius 1 is 0.960 bits per heavy atom. The Hall–Kier alpha value is -2.54. The topological polar surface area (TPSA) is 175 Å². The fraction of sp³-hybridized carbons (Fsp3) is 0.308. The van der Waals surface area contributed by atoms with Crippen molar-refractivity contribution in [3.05, 3.63) is 24.3 Å². The number of hydrogen-bond acceptors (Lipinski definition) is 10. The second kappa shape index (κ2) is 8.53. The second-order valence-corrected chi connectivity index (χ2v) is 6.22. The van der Waals surface area contributed by atoms with Gasteiger partial charge in [0.15, 0.2) is 0 Å². The highest BCUT2D eigenvalue weighted by molar-refractivity contribution is 7.85. The van der Waals surface area contributed by atoms with Crippen molar-refractivity contribution in [3.63, 3.8) is 0 Å². The van der Waals surface area contributed by atoms with E-state index < -0.39 is 10.1 Å². The maximum Gasteiger partial charge on any atom is 0.294 e.